The number of nitrogens with one attached hydrogen (secondary N) is 1. The maximum absolute atomic E-state index is 14.4. The number of thiazole rings is 1. The molecule has 0 saturated heterocycles. The van der Waals surface area contributed by atoms with E-state index >= 15 is 0 Å². The van der Waals surface area contributed by atoms with Crippen LogP contribution in [0.4, 0.5) is 8.78 Å². The van der Waals surface area contributed by atoms with Crippen LogP contribution >= 0.6 is 22.9 Å². The summed E-state index contributed by atoms with van der Waals surface area (Å²) in [6.45, 7) is 1.87. The number of aliphatic carboxylic acids is 1. The molecule has 0 saturated carbocycles. The largest absolute Gasteiger partial charge is 0.478 e. The smallest absolute Gasteiger partial charge is 0.335 e. The van der Waals surface area contributed by atoms with E-state index in [4.69, 9.17) is 16.3 Å². The van der Waals surface area contributed by atoms with Gasteiger partial charge in [-0.25, -0.2) is 18.6 Å². The molecular weight excluding hydrogens is 552 g/mol. The van der Waals surface area contributed by atoms with Crippen molar-refractivity contribution in [3.63, 3.8) is 0 Å². The molecule has 5 rings (SSSR count). The molecule has 0 fully saturated rings. The predicted molar refractivity (Wildman–Crippen MR) is 140 cm³/mol. The number of carboxylic acid groups (broad SMARTS) is 1. The molecule has 204 valence electrons. The number of hydrogen-bond acceptors (Lipinski definition) is 8. The average molecular weight is 576 g/mol. The molecule has 1 aliphatic carbocycles. The molecule has 3 unspecified atom stereocenters. The van der Waals surface area contributed by atoms with Crippen molar-refractivity contribution >= 4 is 40.7 Å². The van der Waals surface area contributed by atoms with Gasteiger partial charge in [0.15, 0.2) is 22.5 Å². The van der Waals surface area contributed by atoms with Crippen LogP contribution in [0.1, 0.15) is 53.7 Å². The number of carbonyl (C=O) groups is 2. The van der Waals surface area contributed by atoms with Crippen molar-refractivity contribution in [2.45, 2.75) is 44.7 Å². The van der Waals surface area contributed by atoms with Gasteiger partial charge in [0.2, 0.25) is 0 Å². The monoisotopic (exact) mass is 575 g/mol. The minimum Gasteiger partial charge on any atom is -0.478 e. The number of methoxy groups -OCH3 is 1. The summed E-state index contributed by atoms with van der Waals surface area (Å²) in [4.78, 5) is 33.3. The van der Waals surface area contributed by atoms with E-state index in [1.807, 2.05) is 13.1 Å². The van der Waals surface area contributed by atoms with Crippen LogP contribution in [0.2, 0.25) is 5.02 Å². The molecule has 0 amide bonds. The van der Waals surface area contributed by atoms with E-state index in [-0.39, 0.29) is 35.5 Å². The van der Waals surface area contributed by atoms with Crippen LogP contribution in [0, 0.1) is 17.6 Å². The first-order valence-corrected chi connectivity index (χ1v) is 13.4. The Labute approximate surface area is 231 Å². The summed E-state index contributed by atoms with van der Waals surface area (Å²) in [5, 5.41) is 19.9. The number of nitrogens with zero attached hydrogens (tertiary/aromatic N) is 4. The third-order valence-electron chi connectivity index (χ3n) is 6.94. The Morgan fingerprint density at radius 1 is 1.36 bits per heavy atom. The predicted octanol–water partition coefficient (Wildman–Crippen LogP) is 4.63. The number of benzene rings is 1. The minimum absolute atomic E-state index is 0.0435. The lowest BCUT2D eigenvalue weighted by atomic mass is 9.81. The van der Waals surface area contributed by atoms with Gasteiger partial charge in [-0.1, -0.05) is 17.7 Å². The zero-order valence-corrected chi connectivity index (χ0v) is 22.5. The van der Waals surface area contributed by atoms with E-state index in [0.717, 1.165) is 17.3 Å². The second-order valence-corrected chi connectivity index (χ2v) is 10.7. The highest BCUT2D eigenvalue weighted by atomic mass is 35.5. The lowest BCUT2D eigenvalue weighted by Crippen LogP contribution is -2.38. The van der Waals surface area contributed by atoms with E-state index in [0.29, 0.717) is 35.8 Å². The Hall–Kier alpha value is -3.64. The van der Waals surface area contributed by atoms with E-state index in [1.54, 1.807) is 16.3 Å². The number of ether oxygens (including phenoxy) is 1. The van der Waals surface area contributed by atoms with Crippen LogP contribution in [-0.4, -0.2) is 44.8 Å². The molecule has 0 radical (unpaired) electrons. The van der Waals surface area contributed by atoms with Crippen molar-refractivity contribution in [3.05, 3.63) is 79.7 Å². The zero-order chi connectivity index (χ0) is 27.8. The van der Waals surface area contributed by atoms with Gasteiger partial charge in [-0.3, -0.25) is 14.5 Å². The van der Waals surface area contributed by atoms with Gasteiger partial charge >= 0.3 is 11.9 Å². The first-order chi connectivity index (χ1) is 18.7. The number of aryl methyl sites for hydroxylation is 1. The highest BCUT2D eigenvalue weighted by Gasteiger charge is 2.38. The summed E-state index contributed by atoms with van der Waals surface area (Å²) in [6.07, 6.45) is 5.27. The fourth-order valence-corrected chi connectivity index (χ4v) is 5.81. The Bertz CT molecular complexity index is 1500. The van der Waals surface area contributed by atoms with Crippen LogP contribution in [0.5, 0.6) is 0 Å². The van der Waals surface area contributed by atoms with Crippen molar-refractivity contribution in [2.75, 3.05) is 7.11 Å². The normalized spacial score (nSPS) is 19.7. The summed E-state index contributed by atoms with van der Waals surface area (Å²) in [5.41, 5.74) is 2.17. The van der Waals surface area contributed by atoms with Gasteiger partial charge in [0, 0.05) is 35.0 Å². The van der Waals surface area contributed by atoms with Crippen LogP contribution in [0.3, 0.4) is 0 Å². The van der Waals surface area contributed by atoms with Crippen LogP contribution in [0.15, 0.2) is 46.2 Å². The molecule has 0 bridgehead atoms. The van der Waals surface area contributed by atoms with Crippen molar-refractivity contribution in [2.24, 2.45) is 10.9 Å². The molecule has 1 aromatic carbocycles. The number of allylic oxidation sites excluding steroid dienone is 1. The third kappa shape index (κ3) is 5.18. The van der Waals surface area contributed by atoms with Gasteiger partial charge in [0.25, 0.3) is 0 Å². The summed E-state index contributed by atoms with van der Waals surface area (Å²) in [7, 11) is 1.34. The van der Waals surface area contributed by atoms with Gasteiger partial charge in [-0.15, -0.1) is 11.3 Å². The molecule has 3 aromatic rings. The Balaban J connectivity index is 1.55. The standard InChI is InChI=1S/C26H24ClF2N5O4S/c1-12(9-18(35)38-2)34-11-14-10-13(3-6-17(14)33-34)22-19(26(36)37)23(15-4-5-16(28)21(29)20(15)27)32-24(31-22)25-30-7-8-39-25/h4-5,7-8,11-13,23H,3,6,9-10H2,1-2H3,(H,31,32)(H,36,37). The third-order valence-corrected chi connectivity index (χ3v) is 8.10. The number of esters is 1. The molecule has 2 aromatic heterocycles. The number of hydrogen-bond donors (Lipinski definition) is 2. The summed E-state index contributed by atoms with van der Waals surface area (Å²) in [5.74, 6) is -3.94. The molecule has 13 heteroatoms. The van der Waals surface area contributed by atoms with E-state index in [2.05, 4.69) is 20.4 Å². The van der Waals surface area contributed by atoms with Crippen molar-refractivity contribution in [1.29, 1.82) is 0 Å². The second-order valence-electron chi connectivity index (χ2n) is 9.39. The number of halogens is 3. The molecule has 1 aliphatic heterocycles. The summed E-state index contributed by atoms with van der Waals surface area (Å²) in [6, 6.07) is 0.759. The van der Waals surface area contributed by atoms with Crippen molar-refractivity contribution in [1.82, 2.24) is 20.1 Å². The Morgan fingerprint density at radius 3 is 2.85 bits per heavy atom. The van der Waals surface area contributed by atoms with E-state index in [9.17, 15) is 23.5 Å². The quantitative estimate of drug-likeness (QED) is 0.311. The van der Waals surface area contributed by atoms with Gasteiger partial charge in [-0.05, 0) is 37.8 Å². The molecule has 0 spiro atoms. The van der Waals surface area contributed by atoms with Gasteiger partial charge < -0.3 is 15.2 Å². The molecule has 39 heavy (non-hydrogen) atoms. The Kier molecular flexibility index (Phi) is 7.50. The van der Waals surface area contributed by atoms with Crippen molar-refractivity contribution in [3.8, 4) is 0 Å². The maximum Gasteiger partial charge on any atom is 0.335 e. The Morgan fingerprint density at radius 2 is 2.15 bits per heavy atom. The average Bonchev–Trinajstić information content (AvgIpc) is 3.61. The van der Waals surface area contributed by atoms with Crippen LogP contribution < -0.4 is 5.32 Å². The van der Waals surface area contributed by atoms with Crippen LogP contribution in [0.25, 0.3) is 0 Å². The topological polar surface area (TPSA) is 119 Å². The van der Waals surface area contributed by atoms with E-state index in [1.165, 1.54) is 24.5 Å². The van der Waals surface area contributed by atoms with Crippen molar-refractivity contribution < 1.29 is 28.2 Å². The molecule has 2 N–H and O–H groups in total. The summed E-state index contributed by atoms with van der Waals surface area (Å²) >= 11 is 7.48. The number of carbonyl (C=O) groups excluding carboxylic acids is 1. The summed E-state index contributed by atoms with van der Waals surface area (Å²) < 4.78 is 34.8. The lowest BCUT2D eigenvalue weighted by Gasteiger charge is -2.32. The fraction of sp³-hybridized carbons (Fsp3) is 0.346. The number of aliphatic imine (C=N–C) groups is 1. The SMILES string of the molecule is COC(=O)CC(C)n1cc2c(n1)CCC(C1=C(C(=O)O)C(c3ccc(F)c(F)c3Cl)N=C(c3nccs3)N1)C2. The van der Waals surface area contributed by atoms with Crippen LogP contribution in [-0.2, 0) is 27.2 Å². The molecular formula is C26H24ClF2N5O4S. The molecule has 9 nitrogen and oxygen atoms in total. The van der Waals surface area contributed by atoms with Gasteiger partial charge in [-0.2, -0.15) is 5.10 Å². The highest BCUT2D eigenvalue weighted by Crippen LogP contribution is 2.41. The number of aromatic nitrogens is 3. The number of rotatable bonds is 7. The first kappa shape index (κ1) is 26.9. The lowest BCUT2D eigenvalue weighted by molar-refractivity contribution is -0.141. The zero-order valence-electron chi connectivity index (χ0n) is 21.0. The molecule has 2 aliphatic rings. The van der Waals surface area contributed by atoms with Gasteiger partial charge in [0.05, 0.1) is 35.9 Å². The fourth-order valence-electron chi connectivity index (χ4n) is 4.96. The molecule has 3 heterocycles. The molecule has 3 atom stereocenters. The van der Waals surface area contributed by atoms with E-state index < -0.39 is 28.7 Å². The highest BCUT2D eigenvalue weighted by molar-refractivity contribution is 7.11. The minimum atomic E-state index is -1.26. The first-order valence-electron chi connectivity index (χ1n) is 12.2. The number of carboxylic acids is 1. The number of fused-ring (bicyclic) bond motifs is 1. The van der Waals surface area contributed by atoms with Gasteiger partial charge in [0.1, 0.15) is 6.04 Å². The second kappa shape index (κ2) is 10.9. The maximum atomic E-state index is 14.4. The number of amidine groups is 1.